The van der Waals surface area contributed by atoms with Gasteiger partial charge in [0.2, 0.25) is 0 Å². The molecule has 1 N–H and O–H groups in total. The summed E-state index contributed by atoms with van der Waals surface area (Å²) in [5.41, 5.74) is 0. The fourth-order valence-corrected chi connectivity index (χ4v) is 2.41. The lowest BCUT2D eigenvalue weighted by atomic mass is 10.1. The first-order valence-corrected chi connectivity index (χ1v) is 5.77. The predicted molar refractivity (Wildman–Crippen MR) is 53.8 cm³/mol. The van der Waals surface area contributed by atoms with Gasteiger partial charge in [-0.05, 0) is 38.1 Å². The van der Waals surface area contributed by atoms with Crippen molar-refractivity contribution in [1.29, 1.82) is 0 Å². The molecular formula is C11H21NO. The quantitative estimate of drug-likeness (QED) is 0.722. The maximum atomic E-state index is 5.90. The molecule has 0 spiro atoms. The monoisotopic (exact) mass is 183 g/mol. The molecule has 1 aliphatic heterocycles. The maximum absolute atomic E-state index is 5.90. The van der Waals surface area contributed by atoms with E-state index < -0.39 is 0 Å². The summed E-state index contributed by atoms with van der Waals surface area (Å²) in [5, 5.41) is 3.39. The van der Waals surface area contributed by atoms with Crippen LogP contribution in [0.1, 0.15) is 38.5 Å². The molecule has 1 saturated carbocycles. The number of ether oxygens (including phenoxy) is 1. The average Bonchev–Trinajstić information content (AvgIpc) is 2.69. The number of nitrogens with one attached hydrogen (secondary N) is 1. The molecule has 0 aromatic heterocycles. The summed E-state index contributed by atoms with van der Waals surface area (Å²) in [5.74, 6) is 0.877. The van der Waals surface area contributed by atoms with E-state index in [9.17, 15) is 0 Å². The number of piperidine rings is 1. The summed E-state index contributed by atoms with van der Waals surface area (Å²) < 4.78 is 5.90. The smallest absolute Gasteiger partial charge is 0.0700 e. The lowest BCUT2D eigenvalue weighted by Gasteiger charge is -2.24. The van der Waals surface area contributed by atoms with Crippen LogP contribution in [0.15, 0.2) is 0 Å². The highest BCUT2D eigenvalue weighted by molar-refractivity contribution is 4.71. The molecule has 0 amide bonds. The highest BCUT2D eigenvalue weighted by Crippen LogP contribution is 2.25. The largest absolute Gasteiger partial charge is 0.377 e. The minimum absolute atomic E-state index is 0.509. The molecule has 1 aliphatic carbocycles. The van der Waals surface area contributed by atoms with Gasteiger partial charge in [0.25, 0.3) is 0 Å². The van der Waals surface area contributed by atoms with Gasteiger partial charge in [0.1, 0.15) is 0 Å². The van der Waals surface area contributed by atoms with Crippen molar-refractivity contribution in [3.63, 3.8) is 0 Å². The van der Waals surface area contributed by atoms with E-state index in [0.29, 0.717) is 6.10 Å². The minimum atomic E-state index is 0.509. The molecule has 76 valence electrons. The molecule has 2 rings (SSSR count). The molecule has 1 heterocycles. The van der Waals surface area contributed by atoms with Crippen LogP contribution in [0.25, 0.3) is 0 Å². The average molecular weight is 183 g/mol. The number of hydrogen-bond acceptors (Lipinski definition) is 2. The van der Waals surface area contributed by atoms with Crippen LogP contribution in [0.4, 0.5) is 0 Å². The van der Waals surface area contributed by atoms with Crippen LogP contribution in [-0.4, -0.2) is 25.8 Å². The summed E-state index contributed by atoms with van der Waals surface area (Å²) in [6.07, 6.45) is 8.72. The van der Waals surface area contributed by atoms with Gasteiger partial charge < -0.3 is 10.1 Å². The van der Waals surface area contributed by atoms with E-state index in [1.807, 2.05) is 0 Å². The second-order valence-corrected chi connectivity index (χ2v) is 4.45. The van der Waals surface area contributed by atoms with Gasteiger partial charge in [-0.1, -0.05) is 12.8 Å². The second kappa shape index (κ2) is 4.97. The van der Waals surface area contributed by atoms with Crippen LogP contribution in [0, 0.1) is 5.92 Å². The summed E-state index contributed by atoms with van der Waals surface area (Å²) in [6.45, 7) is 3.28. The van der Waals surface area contributed by atoms with Crippen molar-refractivity contribution >= 4 is 0 Å². The Labute approximate surface area is 81.0 Å². The fraction of sp³-hybridized carbons (Fsp3) is 1.00. The van der Waals surface area contributed by atoms with Crippen molar-refractivity contribution in [3.8, 4) is 0 Å². The first-order chi connectivity index (χ1) is 6.45. The van der Waals surface area contributed by atoms with E-state index in [0.717, 1.165) is 19.1 Å². The molecule has 0 bridgehead atoms. The summed E-state index contributed by atoms with van der Waals surface area (Å²) >= 11 is 0. The Bertz CT molecular complexity index is 137. The molecule has 1 unspecified atom stereocenters. The SMILES string of the molecule is C1CCC(COC2CCCNC2)C1. The lowest BCUT2D eigenvalue weighted by molar-refractivity contribution is 0.0167. The molecule has 2 fully saturated rings. The zero-order valence-corrected chi connectivity index (χ0v) is 8.43. The Morgan fingerprint density at radius 2 is 1.92 bits per heavy atom. The Morgan fingerprint density at radius 1 is 1.08 bits per heavy atom. The second-order valence-electron chi connectivity index (χ2n) is 4.45. The van der Waals surface area contributed by atoms with Gasteiger partial charge in [-0.15, -0.1) is 0 Å². The van der Waals surface area contributed by atoms with Gasteiger partial charge in [0.15, 0.2) is 0 Å². The summed E-state index contributed by atoms with van der Waals surface area (Å²) in [4.78, 5) is 0. The summed E-state index contributed by atoms with van der Waals surface area (Å²) in [6, 6.07) is 0. The number of rotatable bonds is 3. The fourth-order valence-electron chi connectivity index (χ4n) is 2.41. The van der Waals surface area contributed by atoms with E-state index in [4.69, 9.17) is 4.74 Å². The molecule has 2 nitrogen and oxygen atoms in total. The Morgan fingerprint density at radius 3 is 2.62 bits per heavy atom. The highest BCUT2D eigenvalue weighted by Gasteiger charge is 2.18. The molecule has 2 aliphatic rings. The van der Waals surface area contributed by atoms with Crippen LogP contribution in [0.2, 0.25) is 0 Å². The normalized spacial score (nSPS) is 30.9. The van der Waals surface area contributed by atoms with Crippen LogP contribution >= 0.6 is 0 Å². The van der Waals surface area contributed by atoms with E-state index in [-0.39, 0.29) is 0 Å². The molecule has 1 atom stereocenters. The molecular weight excluding hydrogens is 162 g/mol. The molecule has 0 radical (unpaired) electrons. The topological polar surface area (TPSA) is 21.3 Å². The van der Waals surface area contributed by atoms with Crippen LogP contribution in [-0.2, 0) is 4.74 Å². The van der Waals surface area contributed by atoms with Gasteiger partial charge in [0.05, 0.1) is 6.10 Å². The molecule has 0 aromatic rings. The van der Waals surface area contributed by atoms with Gasteiger partial charge in [-0.25, -0.2) is 0 Å². The minimum Gasteiger partial charge on any atom is -0.377 e. The van der Waals surface area contributed by atoms with Gasteiger partial charge >= 0.3 is 0 Å². The third-order valence-corrected chi connectivity index (χ3v) is 3.29. The lowest BCUT2D eigenvalue weighted by Crippen LogP contribution is -2.36. The number of hydrogen-bond donors (Lipinski definition) is 1. The van der Waals surface area contributed by atoms with Crippen molar-refractivity contribution in [1.82, 2.24) is 5.32 Å². The van der Waals surface area contributed by atoms with Crippen molar-refractivity contribution in [2.75, 3.05) is 19.7 Å². The highest BCUT2D eigenvalue weighted by atomic mass is 16.5. The predicted octanol–water partition coefficient (Wildman–Crippen LogP) is 1.95. The molecule has 13 heavy (non-hydrogen) atoms. The van der Waals surface area contributed by atoms with Crippen molar-refractivity contribution in [2.45, 2.75) is 44.6 Å². The van der Waals surface area contributed by atoms with Gasteiger partial charge in [-0.2, -0.15) is 0 Å². The Balaban J connectivity index is 1.60. The maximum Gasteiger partial charge on any atom is 0.0700 e. The van der Waals surface area contributed by atoms with Crippen LogP contribution in [0.5, 0.6) is 0 Å². The van der Waals surface area contributed by atoms with Gasteiger partial charge in [0, 0.05) is 13.2 Å². The van der Waals surface area contributed by atoms with E-state index in [1.165, 1.54) is 45.1 Å². The Kier molecular flexibility index (Phi) is 3.62. The standard InChI is InChI=1S/C11H21NO/c1-2-5-10(4-1)9-13-11-6-3-7-12-8-11/h10-12H,1-9H2. The Hall–Kier alpha value is -0.0800. The molecule has 0 aromatic carbocycles. The van der Waals surface area contributed by atoms with Crippen molar-refractivity contribution in [2.24, 2.45) is 5.92 Å². The van der Waals surface area contributed by atoms with E-state index >= 15 is 0 Å². The third-order valence-electron chi connectivity index (χ3n) is 3.29. The van der Waals surface area contributed by atoms with Crippen molar-refractivity contribution < 1.29 is 4.74 Å². The van der Waals surface area contributed by atoms with Gasteiger partial charge in [-0.3, -0.25) is 0 Å². The van der Waals surface area contributed by atoms with E-state index in [2.05, 4.69) is 5.32 Å². The zero-order chi connectivity index (χ0) is 8.93. The summed E-state index contributed by atoms with van der Waals surface area (Å²) in [7, 11) is 0. The van der Waals surface area contributed by atoms with Crippen LogP contribution in [0.3, 0.4) is 0 Å². The zero-order valence-electron chi connectivity index (χ0n) is 8.43. The molecule has 1 saturated heterocycles. The van der Waals surface area contributed by atoms with E-state index in [1.54, 1.807) is 0 Å². The van der Waals surface area contributed by atoms with Crippen molar-refractivity contribution in [3.05, 3.63) is 0 Å². The first-order valence-electron chi connectivity index (χ1n) is 5.77. The molecule has 2 heteroatoms. The van der Waals surface area contributed by atoms with Crippen LogP contribution < -0.4 is 5.32 Å². The first kappa shape index (κ1) is 9.47. The third kappa shape index (κ3) is 2.96.